The van der Waals surface area contributed by atoms with E-state index in [1.807, 2.05) is 46.1 Å². The van der Waals surface area contributed by atoms with Crippen molar-refractivity contribution < 1.29 is 18.0 Å². The third-order valence-electron chi connectivity index (χ3n) is 6.02. The Labute approximate surface area is 204 Å². The highest BCUT2D eigenvalue weighted by Crippen LogP contribution is 2.29. The number of benzene rings is 2. The van der Waals surface area contributed by atoms with E-state index in [4.69, 9.17) is 0 Å². The van der Waals surface area contributed by atoms with Gasteiger partial charge in [-0.15, -0.1) is 11.3 Å². The van der Waals surface area contributed by atoms with Crippen LogP contribution >= 0.6 is 11.3 Å². The smallest absolute Gasteiger partial charge is 0.265 e. The van der Waals surface area contributed by atoms with Crippen LogP contribution in [0.5, 0.6) is 0 Å². The molecular formula is C25H29N3O4S2. The zero-order chi connectivity index (χ0) is 25.0. The number of sulfonamides is 1. The molecule has 0 fully saturated rings. The van der Waals surface area contributed by atoms with E-state index < -0.39 is 10.0 Å². The number of nitrogens with one attached hydrogen (secondary N) is 3. The summed E-state index contributed by atoms with van der Waals surface area (Å²) in [5.74, 6) is -0.508. The second-order valence-electron chi connectivity index (χ2n) is 8.16. The molecule has 2 aromatic carbocycles. The van der Waals surface area contributed by atoms with Crippen molar-refractivity contribution in [2.75, 3.05) is 17.2 Å². The lowest BCUT2D eigenvalue weighted by Crippen LogP contribution is -2.29. The van der Waals surface area contributed by atoms with Gasteiger partial charge in [-0.05, 0) is 98.1 Å². The maximum absolute atomic E-state index is 13.0. The van der Waals surface area contributed by atoms with Gasteiger partial charge in [-0.3, -0.25) is 9.59 Å². The number of amides is 2. The highest BCUT2D eigenvalue weighted by molar-refractivity contribution is 7.89. The molecule has 3 N–H and O–H groups in total. The number of hydrogen-bond donors (Lipinski definition) is 3. The summed E-state index contributed by atoms with van der Waals surface area (Å²) in [5.41, 5.74) is 5.61. The van der Waals surface area contributed by atoms with E-state index in [1.54, 1.807) is 30.3 Å². The van der Waals surface area contributed by atoms with Gasteiger partial charge in [0.2, 0.25) is 15.9 Å². The van der Waals surface area contributed by atoms with Crippen LogP contribution in [0.25, 0.3) is 0 Å². The summed E-state index contributed by atoms with van der Waals surface area (Å²) in [6.07, 6.45) is -0.0159. The predicted octanol–water partition coefficient (Wildman–Crippen LogP) is 4.85. The third kappa shape index (κ3) is 5.72. The van der Waals surface area contributed by atoms with Crippen molar-refractivity contribution in [3.05, 3.63) is 74.5 Å². The van der Waals surface area contributed by atoms with Gasteiger partial charge in [0.15, 0.2) is 0 Å². The van der Waals surface area contributed by atoms with Gasteiger partial charge < -0.3 is 10.6 Å². The molecule has 9 heteroatoms. The molecule has 0 aliphatic rings. The molecule has 0 spiro atoms. The largest absolute Gasteiger partial charge is 0.326 e. The molecule has 0 aliphatic carbocycles. The number of rotatable bonds is 8. The van der Waals surface area contributed by atoms with Gasteiger partial charge in [0.25, 0.3) is 5.91 Å². The first-order chi connectivity index (χ1) is 16.0. The minimum absolute atomic E-state index is 0.0159. The lowest BCUT2D eigenvalue weighted by Gasteiger charge is -2.19. The standard InChI is InChI=1S/C25H29N3O4S2/c1-15-16(2)18(4)24(19(5)17(15)3)34(31,32)26-13-12-23(29)27-20-8-10-21(11-9-20)28-25(30)22-7-6-14-33-22/h6-11,14,26H,12-13H2,1-5H3,(H,27,29)(H,28,30). The lowest BCUT2D eigenvalue weighted by molar-refractivity contribution is -0.116. The molecule has 3 rings (SSSR count). The molecule has 2 amide bonds. The molecule has 0 saturated heterocycles. The van der Waals surface area contributed by atoms with Gasteiger partial charge in [0.05, 0.1) is 9.77 Å². The fourth-order valence-electron chi connectivity index (χ4n) is 3.70. The zero-order valence-electron chi connectivity index (χ0n) is 19.9. The van der Waals surface area contributed by atoms with Crippen LogP contribution in [0.15, 0.2) is 46.7 Å². The van der Waals surface area contributed by atoms with Gasteiger partial charge in [-0.1, -0.05) is 6.07 Å². The molecule has 0 aliphatic heterocycles. The maximum atomic E-state index is 13.0. The first kappa shape index (κ1) is 25.6. The van der Waals surface area contributed by atoms with Crippen LogP contribution in [0.1, 0.15) is 43.9 Å². The number of carbonyl (C=O) groups is 2. The summed E-state index contributed by atoms with van der Waals surface area (Å²) in [6, 6.07) is 10.3. The van der Waals surface area contributed by atoms with E-state index >= 15 is 0 Å². The molecule has 1 aromatic heterocycles. The van der Waals surface area contributed by atoms with Crippen molar-refractivity contribution in [2.45, 2.75) is 45.9 Å². The van der Waals surface area contributed by atoms with Crippen molar-refractivity contribution in [3.63, 3.8) is 0 Å². The maximum Gasteiger partial charge on any atom is 0.265 e. The summed E-state index contributed by atoms with van der Waals surface area (Å²) in [6.45, 7) is 9.42. The normalized spacial score (nSPS) is 11.3. The second kappa shape index (κ2) is 10.5. The van der Waals surface area contributed by atoms with Crippen molar-refractivity contribution in [1.82, 2.24) is 4.72 Å². The quantitative estimate of drug-likeness (QED) is 0.412. The number of hydrogen-bond acceptors (Lipinski definition) is 5. The average molecular weight is 500 g/mol. The topological polar surface area (TPSA) is 104 Å². The molecule has 0 radical (unpaired) electrons. The van der Waals surface area contributed by atoms with Crippen molar-refractivity contribution in [1.29, 1.82) is 0 Å². The Balaban J connectivity index is 1.56. The van der Waals surface area contributed by atoms with E-state index in [0.29, 0.717) is 16.3 Å². The fourth-order valence-corrected chi connectivity index (χ4v) is 5.95. The Bertz CT molecular complexity index is 1280. The van der Waals surface area contributed by atoms with E-state index in [0.717, 1.165) is 27.8 Å². The average Bonchev–Trinajstić information content (AvgIpc) is 3.33. The summed E-state index contributed by atoms with van der Waals surface area (Å²) in [5, 5.41) is 7.37. The van der Waals surface area contributed by atoms with E-state index in [2.05, 4.69) is 15.4 Å². The molecule has 7 nitrogen and oxygen atoms in total. The predicted molar refractivity (Wildman–Crippen MR) is 137 cm³/mol. The van der Waals surface area contributed by atoms with E-state index in [-0.39, 0.29) is 29.7 Å². The lowest BCUT2D eigenvalue weighted by atomic mass is 9.95. The van der Waals surface area contributed by atoms with Crippen LogP contribution in [0.4, 0.5) is 11.4 Å². The first-order valence-electron chi connectivity index (χ1n) is 10.8. The van der Waals surface area contributed by atoms with Crippen LogP contribution in [-0.2, 0) is 14.8 Å². The van der Waals surface area contributed by atoms with Gasteiger partial charge in [-0.25, -0.2) is 13.1 Å². The van der Waals surface area contributed by atoms with E-state index in [1.165, 1.54) is 11.3 Å². The van der Waals surface area contributed by atoms with Crippen molar-refractivity contribution in [3.8, 4) is 0 Å². The van der Waals surface area contributed by atoms with Gasteiger partial charge in [0.1, 0.15) is 0 Å². The van der Waals surface area contributed by atoms with Crippen LogP contribution in [0, 0.1) is 34.6 Å². The molecule has 0 atom stereocenters. The summed E-state index contributed by atoms with van der Waals surface area (Å²) >= 11 is 1.36. The summed E-state index contributed by atoms with van der Waals surface area (Å²) in [4.78, 5) is 25.3. The van der Waals surface area contributed by atoms with Crippen LogP contribution in [0.3, 0.4) is 0 Å². The Morgan fingerprint density at radius 3 is 1.85 bits per heavy atom. The SMILES string of the molecule is Cc1c(C)c(C)c(S(=O)(=O)NCCC(=O)Nc2ccc(NC(=O)c3cccs3)cc2)c(C)c1C. The third-order valence-corrected chi connectivity index (χ3v) is 8.62. The molecule has 0 unspecified atom stereocenters. The van der Waals surface area contributed by atoms with Crippen molar-refractivity contribution >= 4 is 44.5 Å². The summed E-state index contributed by atoms with van der Waals surface area (Å²) < 4.78 is 28.5. The highest BCUT2D eigenvalue weighted by atomic mass is 32.2. The molecule has 34 heavy (non-hydrogen) atoms. The van der Waals surface area contributed by atoms with Crippen LogP contribution in [0.2, 0.25) is 0 Å². The molecule has 180 valence electrons. The number of carbonyl (C=O) groups excluding carboxylic acids is 2. The molecule has 1 heterocycles. The van der Waals surface area contributed by atoms with Crippen LogP contribution in [-0.4, -0.2) is 26.8 Å². The Morgan fingerprint density at radius 2 is 1.32 bits per heavy atom. The van der Waals surface area contributed by atoms with Gasteiger partial charge in [0, 0.05) is 24.3 Å². The molecule has 0 bridgehead atoms. The summed E-state index contributed by atoms with van der Waals surface area (Å²) in [7, 11) is -3.76. The van der Waals surface area contributed by atoms with Gasteiger partial charge in [-0.2, -0.15) is 0 Å². The Kier molecular flexibility index (Phi) is 7.91. The highest BCUT2D eigenvalue weighted by Gasteiger charge is 2.23. The first-order valence-corrected chi connectivity index (χ1v) is 13.2. The number of thiophene rings is 1. The number of anilines is 2. The van der Waals surface area contributed by atoms with Crippen molar-refractivity contribution in [2.24, 2.45) is 0 Å². The van der Waals surface area contributed by atoms with Gasteiger partial charge >= 0.3 is 0 Å². The molecule has 3 aromatic rings. The Morgan fingerprint density at radius 1 is 0.794 bits per heavy atom. The second-order valence-corrected chi connectivity index (χ2v) is 10.8. The fraction of sp³-hybridized carbons (Fsp3) is 0.280. The minimum atomic E-state index is -3.76. The monoisotopic (exact) mass is 499 g/mol. The Hall–Kier alpha value is -3.01. The van der Waals surface area contributed by atoms with E-state index in [9.17, 15) is 18.0 Å². The minimum Gasteiger partial charge on any atom is -0.326 e. The zero-order valence-corrected chi connectivity index (χ0v) is 21.5. The molecular weight excluding hydrogens is 470 g/mol. The van der Waals surface area contributed by atoms with Crippen LogP contribution < -0.4 is 15.4 Å². The molecule has 0 saturated carbocycles.